The smallest absolute Gasteiger partial charge is 0.267 e. The van der Waals surface area contributed by atoms with E-state index in [-0.39, 0.29) is 11.4 Å². The summed E-state index contributed by atoms with van der Waals surface area (Å²) >= 11 is 0. The Labute approximate surface area is 125 Å². The van der Waals surface area contributed by atoms with Crippen molar-refractivity contribution in [2.75, 3.05) is 11.4 Å². The van der Waals surface area contributed by atoms with Crippen molar-refractivity contribution in [1.82, 2.24) is 10.2 Å². The third-order valence-electron chi connectivity index (χ3n) is 3.46. The first kappa shape index (κ1) is 15.5. The number of aryl methyl sites for hydroxylation is 3. The highest BCUT2D eigenvalue weighted by Gasteiger charge is 2.29. The van der Waals surface area contributed by atoms with Crippen LogP contribution in [0.15, 0.2) is 23.1 Å². The molecule has 0 atom stereocenters. The molecule has 0 radical (unpaired) electrons. The number of H-pyrrole nitrogens is 1. The fraction of sp³-hybridized carbons (Fsp3) is 0.357. The topological polar surface area (TPSA) is 92.1 Å². The molecule has 1 aromatic heterocycles. The normalized spacial score (nSPS) is 11.7. The lowest BCUT2D eigenvalue weighted by atomic mass is 10.1. The van der Waals surface area contributed by atoms with Crippen LogP contribution in [0.25, 0.3) is 0 Å². The van der Waals surface area contributed by atoms with Crippen LogP contribution < -0.4 is 10.0 Å². The zero-order valence-corrected chi connectivity index (χ0v) is 13.5. The van der Waals surface area contributed by atoms with E-state index in [4.69, 9.17) is 5.73 Å². The summed E-state index contributed by atoms with van der Waals surface area (Å²) in [6.07, 6.45) is 0. The number of sulfonamides is 1. The van der Waals surface area contributed by atoms with Crippen molar-refractivity contribution in [1.29, 1.82) is 0 Å². The SMILES string of the molecule is Cc1ccc(N(C)S(=O)(=O)c2c(CN)n[nH]c2C)c(C)c1. The van der Waals surface area contributed by atoms with Crippen LogP contribution in [-0.2, 0) is 16.6 Å². The summed E-state index contributed by atoms with van der Waals surface area (Å²) in [6.45, 7) is 5.60. The van der Waals surface area contributed by atoms with Crippen molar-refractivity contribution >= 4 is 15.7 Å². The van der Waals surface area contributed by atoms with Gasteiger partial charge in [-0.2, -0.15) is 5.10 Å². The highest BCUT2D eigenvalue weighted by molar-refractivity contribution is 7.92. The summed E-state index contributed by atoms with van der Waals surface area (Å²) in [5.74, 6) is 0. The minimum atomic E-state index is -3.70. The summed E-state index contributed by atoms with van der Waals surface area (Å²) in [5, 5.41) is 6.65. The highest BCUT2D eigenvalue weighted by Crippen LogP contribution is 2.28. The molecule has 0 amide bonds. The minimum Gasteiger partial charge on any atom is -0.325 e. The Morgan fingerprint density at radius 2 is 1.95 bits per heavy atom. The van der Waals surface area contributed by atoms with Gasteiger partial charge < -0.3 is 5.73 Å². The van der Waals surface area contributed by atoms with Crippen molar-refractivity contribution in [3.8, 4) is 0 Å². The van der Waals surface area contributed by atoms with Crippen LogP contribution >= 0.6 is 0 Å². The van der Waals surface area contributed by atoms with Gasteiger partial charge in [0.05, 0.1) is 17.1 Å². The molecule has 7 heteroatoms. The number of rotatable bonds is 4. The van der Waals surface area contributed by atoms with E-state index >= 15 is 0 Å². The largest absolute Gasteiger partial charge is 0.325 e. The summed E-state index contributed by atoms with van der Waals surface area (Å²) in [5.41, 5.74) is 9.06. The molecule has 0 fully saturated rings. The van der Waals surface area contributed by atoms with E-state index in [0.717, 1.165) is 11.1 Å². The molecule has 0 bridgehead atoms. The van der Waals surface area contributed by atoms with Gasteiger partial charge in [-0.1, -0.05) is 17.7 Å². The molecule has 21 heavy (non-hydrogen) atoms. The maximum absolute atomic E-state index is 12.8. The zero-order valence-electron chi connectivity index (χ0n) is 12.6. The molecule has 0 saturated heterocycles. The van der Waals surface area contributed by atoms with Crippen molar-refractivity contribution in [3.05, 3.63) is 40.7 Å². The van der Waals surface area contributed by atoms with Crippen LogP contribution in [0.3, 0.4) is 0 Å². The number of hydrogen-bond acceptors (Lipinski definition) is 4. The molecule has 1 heterocycles. The van der Waals surface area contributed by atoms with Gasteiger partial charge in [0.2, 0.25) is 0 Å². The number of hydrogen-bond donors (Lipinski definition) is 2. The number of aromatic amines is 1. The molecule has 1 aromatic carbocycles. The molecular formula is C14H20N4O2S. The van der Waals surface area contributed by atoms with Gasteiger partial charge in [0.1, 0.15) is 4.90 Å². The van der Waals surface area contributed by atoms with E-state index < -0.39 is 10.0 Å². The van der Waals surface area contributed by atoms with Gasteiger partial charge in [0, 0.05) is 13.6 Å². The molecule has 114 valence electrons. The average molecular weight is 308 g/mol. The molecule has 0 aliphatic carbocycles. The average Bonchev–Trinajstić information content (AvgIpc) is 2.79. The molecule has 0 spiro atoms. The number of aromatic nitrogens is 2. The van der Waals surface area contributed by atoms with E-state index in [1.54, 1.807) is 20.0 Å². The molecule has 0 unspecified atom stereocenters. The number of anilines is 1. The van der Waals surface area contributed by atoms with E-state index in [1.165, 1.54) is 4.31 Å². The maximum atomic E-state index is 12.8. The van der Waals surface area contributed by atoms with Gasteiger partial charge in [-0.15, -0.1) is 0 Å². The summed E-state index contributed by atoms with van der Waals surface area (Å²) < 4.78 is 27.0. The summed E-state index contributed by atoms with van der Waals surface area (Å²) in [4.78, 5) is 0.160. The van der Waals surface area contributed by atoms with E-state index in [1.807, 2.05) is 26.0 Å². The Morgan fingerprint density at radius 1 is 1.29 bits per heavy atom. The molecule has 0 aliphatic rings. The zero-order chi connectivity index (χ0) is 15.8. The molecule has 2 aromatic rings. The molecule has 0 aliphatic heterocycles. The monoisotopic (exact) mass is 308 g/mol. The lowest BCUT2D eigenvalue weighted by molar-refractivity contribution is 0.592. The molecule has 3 N–H and O–H groups in total. The summed E-state index contributed by atoms with van der Waals surface area (Å²) in [7, 11) is -2.16. The van der Waals surface area contributed by atoms with Gasteiger partial charge in [-0.3, -0.25) is 9.40 Å². The molecule has 0 saturated carbocycles. The predicted molar refractivity (Wildman–Crippen MR) is 82.7 cm³/mol. The fourth-order valence-corrected chi connectivity index (χ4v) is 3.97. The van der Waals surface area contributed by atoms with Crippen molar-refractivity contribution in [3.63, 3.8) is 0 Å². The molecule has 2 rings (SSSR count). The third-order valence-corrected chi connectivity index (χ3v) is 5.44. The van der Waals surface area contributed by atoms with Gasteiger partial charge in [-0.05, 0) is 32.4 Å². The third kappa shape index (κ3) is 2.66. The van der Waals surface area contributed by atoms with Gasteiger partial charge in [-0.25, -0.2) is 8.42 Å². The maximum Gasteiger partial charge on any atom is 0.267 e. The first-order valence-electron chi connectivity index (χ1n) is 6.59. The van der Waals surface area contributed by atoms with Crippen LogP contribution in [0, 0.1) is 20.8 Å². The Bertz CT molecular complexity index is 765. The highest BCUT2D eigenvalue weighted by atomic mass is 32.2. The number of nitrogens with two attached hydrogens (primary N) is 1. The number of nitrogens with one attached hydrogen (secondary N) is 1. The van der Waals surface area contributed by atoms with E-state index in [2.05, 4.69) is 10.2 Å². The first-order valence-corrected chi connectivity index (χ1v) is 8.03. The quantitative estimate of drug-likeness (QED) is 0.897. The lowest BCUT2D eigenvalue weighted by Crippen LogP contribution is -2.28. The van der Waals surface area contributed by atoms with Crippen molar-refractivity contribution < 1.29 is 8.42 Å². The van der Waals surface area contributed by atoms with Crippen LogP contribution in [0.5, 0.6) is 0 Å². The first-order chi connectivity index (χ1) is 9.78. The Hall–Kier alpha value is -1.86. The van der Waals surface area contributed by atoms with Gasteiger partial charge >= 0.3 is 0 Å². The molecule has 6 nitrogen and oxygen atoms in total. The predicted octanol–water partition coefficient (Wildman–Crippen LogP) is 1.62. The van der Waals surface area contributed by atoms with Gasteiger partial charge in [0.15, 0.2) is 0 Å². The minimum absolute atomic E-state index is 0.0691. The van der Waals surface area contributed by atoms with Crippen LogP contribution in [-0.4, -0.2) is 25.7 Å². The second-order valence-electron chi connectivity index (χ2n) is 5.09. The lowest BCUT2D eigenvalue weighted by Gasteiger charge is -2.22. The number of benzene rings is 1. The van der Waals surface area contributed by atoms with Gasteiger partial charge in [0.25, 0.3) is 10.0 Å². The van der Waals surface area contributed by atoms with E-state index in [9.17, 15) is 8.42 Å². The number of nitrogens with zero attached hydrogens (tertiary/aromatic N) is 2. The van der Waals surface area contributed by atoms with Crippen LogP contribution in [0.1, 0.15) is 22.5 Å². The second kappa shape index (κ2) is 5.50. The standard InChI is InChI=1S/C14H20N4O2S/c1-9-5-6-13(10(2)7-9)18(4)21(19,20)14-11(3)16-17-12(14)8-15/h5-7H,8,15H2,1-4H3,(H,16,17). The van der Waals surface area contributed by atoms with Crippen LogP contribution in [0.4, 0.5) is 5.69 Å². The Kier molecular flexibility index (Phi) is 4.06. The fourth-order valence-electron chi connectivity index (χ4n) is 2.38. The molecular weight excluding hydrogens is 288 g/mol. The van der Waals surface area contributed by atoms with Crippen molar-refractivity contribution in [2.45, 2.75) is 32.2 Å². The second-order valence-corrected chi connectivity index (χ2v) is 7.00. The van der Waals surface area contributed by atoms with Crippen LogP contribution in [0.2, 0.25) is 0 Å². The summed E-state index contributed by atoms with van der Waals surface area (Å²) in [6, 6.07) is 5.65. The Balaban J connectivity index is 2.55. The van der Waals surface area contributed by atoms with E-state index in [0.29, 0.717) is 17.1 Å². The Morgan fingerprint density at radius 3 is 2.52 bits per heavy atom. The van der Waals surface area contributed by atoms with Crippen molar-refractivity contribution in [2.24, 2.45) is 5.73 Å².